The van der Waals surface area contributed by atoms with Gasteiger partial charge in [-0.1, -0.05) is 6.07 Å². The summed E-state index contributed by atoms with van der Waals surface area (Å²) in [6, 6.07) is 4.05. The highest BCUT2D eigenvalue weighted by atomic mass is 16.6. The Labute approximate surface area is 127 Å². The van der Waals surface area contributed by atoms with E-state index in [1.54, 1.807) is 11.1 Å². The lowest BCUT2D eigenvalue weighted by atomic mass is 10.2. The summed E-state index contributed by atoms with van der Waals surface area (Å²) in [6.07, 6.45) is 3.33. The quantitative estimate of drug-likeness (QED) is 0.819. The molecule has 0 radical (unpaired) electrons. The Bertz CT molecular complexity index is 427. The van der Waals surface area contributed by atoms with Gasteiger partial charge in [0.2, 0.25) is 0 Å². The van der Waals surface area contributed by atoms with Gasteiger partial charge >= 0.3 is 6.09 Å². The molecule has 0 saturated carbocycles. The van der Waals surface area contributed by atoms with Gasteiger partial charge in [-0.25, -0.2) is 4.79 Å². The van der Waals surface area contributed by atoms with E-state index in [-0.39, 0.29) is 12.1 Å². The first-order valence-electron chi connectivity index (χ1n) is 7.39. The predicted molar refractivity (Wildman–Crippen MR) is 84.0 cm³/mol. The number of pyridine rings is 1. The topological polar surface area (TPSA) is 54.5 Å². The standard InChI is InChI=1S/C16H27N3O2/c1-13(2)19(15(20)21-16(3,4)5)10-9-18-12-14-7-6-8-17-11-14/h6-8,11,13,18H,9-10,12H2,1-5H3. The van der Waals surface area contributed by atoms with Crippen LogP contribution >= 0.6 is 0 Å². The Balaban J connectivity index is 2.39. The molecule has 0 unspecified atom stereocenters. The van der Waals surface area contributed by atoms with Crippen molar-refractivity contribution in [2.24, 2.45) is 0 Å². The summed E-state index contributed by atoms with van der Waals surface area (Å²) in [6.45, 7) is 11.7. The van der Waals surface area contributed by atoms with Crippen molar-refractivity contribution in [3.63, 3.8) is 0 Å². The molecule has 0 bridgehead atoms. The molecule has 1 N–H and O–H groups in total. The fourth-order valence-corrected chi connectivity index (χ4v) is 1.82. The van der Waals surface area contributed by atoms with E-state index in [4.69, 9.17) is 4.74 Å². The zero-order valence-corrected chi connectivity index (χ0v) is 13.7. The van der Waals surface area contributed by atoms with E-state index < -0.39 is 5.60 Å². The third kappa shape index (κ3) is 7.09. The minimum Gasteiger partial charge on any atom is -0.444 e. The number of ether oxygens (including phenoxy) is 1. The lowest BCUT2D eigenvalue weighted by Crippen LogP contribution is -2.44. The fourth-order valence-electron chi connectivity index (χ4n) is 1.82. The van der Waals surface area contributed by atoms with E-state index in [0.717, 1.165) is 12.1 Å². The van der Waals surface area contributed by atoms with Gasteiger partial charge in [0.05, 0.1) is 0 Å². The lowest BCUT2D eigenvalue weighted by Gasteiger charge is -2.30. The van der Waals surface area contributed by atoms with E-state index in [9.17, 15) is 4.79 Å². The zero-order valence-electron chi connectivity index (χ0n) is 13.7. The smallest absolute Gasteiger partial charge is 0.410 e. The number of carbonyl (C=O) groups excluding carboxylic acids is 1. The molecule has 1 heterocycles. The Morgan fingerprint density at radius 3 is 2.67 bits per heavy atom. The number of hydrogen-bond donors (Lipinski definition) is 1. The monoisotopic (exact) mass is 293 g/mol. The van der Waals surface area contributed by atoms with Crippen molar-refractivity contribution in [2.45, 2.75) is 52.8 Å². The molecule has 0 spiro atoms. The minimum absolute atomic E-state index is 0.111. The number of rotatable bonds is 6. The number of hydrogen-bond acceptors (Lipinski definition) is 4. The predicted octanol–water partition coefficient (Wildman–Crippen LogP) is 2.82. The molecule has 1 aromatic rings. The summed E-state index contributed by atoms with van der Waals surface area (Å²) in [5.74, 6) is 0. The first-order valence-corrected chi connectivity index (χ1v) is 7.39. The first-order chi connectivity index (χ1) is 9.79. The minimum atomic E-state index is -0.465. The Kier molecular flexibility index (Phi) is 6.62. The van der Waals surface area contributed by atoms with Crippen molar-refractivity contribution in [1.82, 2.24) is 15.2 Å². The van der Waals surface area contributed by atoms with Crippen LogP contribution in [0.2, 0.25) is 0 Å². The summed E-state index contributed by atoms with van der Waals surface area (Å²) >= 11 is 0. The van der Waals surface area contributed by atoms with Gasteiger partial charge in [0.25, 0.3) is 0 Å². The van der Waals surface area contributed by atoms with Crippen LogP contribution in [0.1, 0.15) is 40.2 Å². The largest absolute Gasteiger partial charge is 0.444 e. The van der Waals surface area contributed by atoms with E-state index in [0.29, 0.717) is 13.1 Å². The molecule has 21 heavy (non-hydrogen) atoms. The van der Waals surface area contributed by atoms with Gasteiger partial charge < -0.3 is 15.0 Å². The van der Waals surface area contributed by atoms with Gasteiger partial charge in [0.15, 0.2) is 0 Å². The first kappa shape index (κ1) is 17.4. The highest BCUT2D eigenvalue weighted by molar-refractivity contribution is 5.68. The molecular formula is C16H27N3O2. The van der Waals surface area contributed by atoms with Crippen molar-refractivity contribution in [2.75, 3.05) is 13.1 Å². The molecule has 5 heteroatoms. The molecule has 1 amide bonds. The van der Waals surface area contributed by atoms with Crippen molar-refractivity contribution >= 4 is 6.09 Å². The molecule has 1 rings (SSSR count). The highest BCUT2D eigenvalue weighted by Gasteiger charge is 2.23. The number of nitrogens with zero attached hydrogens (tertiary/aromatic N) is 2. The van der Waals surface area contributed by atoms with Crippen LogP contribution in [-0.4, -0.2) is 40.7 Å². The highest BCUT2D eigenvalue weighted by Crippen LogP contribution is 2.11. The summed E-state index contributed by atoms with van der Waals surface area (Å²) in [5, 5.41) is 3.32. The molecule has 0 aliphatic heterocycles. The van der Waals surface area contributed by atoms with Crippen molar-refractivity contribution < 1.29 is 9.53 Å². The van der Waals surface area contributed by atoms with Crippen LogP contribution < -0.4 is 5.32 Å². The number of carbonyl (C=O) groups is 1. The normalized spacial score (nSPS) is 11.5. The maximum atomic E-state index is 12.1. The third-order valence-electron chi connectivity index (χ3n) is 2.83. The summed E-state index contributed by atoms with van der Waals surface area (Å²) < 4.78 is 5.43. The van der Waals surface area contributed by atoms with Gasteiger partial charge in [-0.3, -0.25) is 4.98 Å². The van der Waals surface area contributed by atoms with Crippen LogP contribution in [0.15, 0.2) is 24.5 Å². The molecule has 118 valence electrons. The van der Waals surface area contributed by atoms with Crippen LogP contribution in [0.5, 0.6) is 0 Å². The number of aromatic nitrogens is 1. The molecule has 0 atom stereocenters. The van der Waals surface area contributed by atoms with E-state index >= 15 is 0 Å². The zero-order chi connectivity index (χ0) is 15.9. The van der Waals surface area contributed by atoms with Crippen LogP contribution in [0.4, 0.5) is 4.79 Å². The second-order valence-electron chi connectivity index (χ2n) is 6.31. The molecular weight excluding hydrogens is 266 g/mol. The second-order valence-corrected chi connectivity index (χ2v) is 6.31. The van der Waals surface area contributed by atoms with Gasteiger partial charge in [0.1, 0.15) is 5.60 Å². The van der Waals surface area contributed by atoms with Crippen LogP contribution in [-0.2, 0) is 11.3 Å². The fraction of sp³-hybridized carbons (Fsp3) is 0.625. The maximum absolute atomic E-state index is 12.1. The average molecular weight is 293 g/mol. The molecule has 0 fully saturated rings. The van der Waals surface area contributed by atoms with Gasteiger partial charge in [0, 0.05) is 38.1 Å². The van der Waals surface area contributed by atoms with Gasteiger partial charge in [-0.05, 0) is 46.2 Å². The van der Waals surface area contributed by atoms with Crippen LogP contribution in [0, 0.1) is 0 Å². The van der Waals surface area contributed by atoms with Crippen molar-refractivity contribution in [3.05, 3.63) is 30.1 Å². The molecule has 5 nitrogen and oxygen atoms in total. The molecule has 0 aromatic carbocycles. The summed E-state index contributed by atoms with van der Waals surface area (Å²) in [5.41, 5.74) is 0.666. The summed E-state index contributed by atoms with van der Waals surface area (Å²) in [4.78, 5) is 17.9. The SMILES string of the molecule is CC(C)N(CCNCc1cccnc1)C(=O)OC(C)(C)C. The molecule has 0 aliphatic carbocycles. The number of amides is 1. The third-order valence-corrected chi connectivity index (χ3v) is 2.83. The van der Waals surface area contributed by atoms with E-state index in [1.807, 2.05) is 52.9 Å². The Morgan fingerprint density at radius 2 is 2.14 bits per heavy atom. The van der Waals surface area contributed by atoms with E-state index in [1.165, 1.54) is 0 Å². The Hall–Kier alpha value is -1.62. The lowest BCUT2D eigenvalue weighted by molar-refractivity contribution is 0.0193. The van der Waals surface area contributed by atoms with Crippen molar-refractivity contribution in [3.8, 4) is 0 Å². The van der Waals surface area contributed by atoms with Gasteiger partial charge in [-0.2, -0.15) is 0 Å². The van der Waals surface area contributed by atoms with Crippen LogP contribution in [0.3, 0.4) is 0 Å². The van der Waals surface area contributed by atoms with Gasteiger partial charge in [-0.15, -0.1) is 0 Å². The van der Waals surface area contributed by atoms with Crippen LogP contribution in [0.25, 0.3) is 0 Å². The van der Waals surface area contributed by atoms with Crippen molar-refractivity contribution in [1.29, 1.82) is 0 Å². The molecule has 0 aliphatic rings. The Morgan fingerprint density at radius 1 is 1.43 bits per heavy atom. The second kappa shape index (κ2) is 7.98. The molecule has 0 saturated heterocycles. The van der Waals surface area contributed by atoms with E-state index in [2.05, 4.69) is 10.3 Å². The average Bonchev–Trinajstić information content (AvgIpc) is 2.37. The number of nitrogens with one attached hydrogen (secondary N) is 1. The summed E-state index contributed by atoms with van der Waals surface area (Å²) in [7, 11) is 0. The molecule has 1 aromatic heterocycles. The maximum Gasteiger partial charge on any atom is 0.410 e.